The van der Waals surface area contributed by atoms with Crippen molar-refractivity contribution in [1.82, 2.24) is 4.98 Å². The van der Waals surface area contributed by atoms with Gasteiger partial charge in [-0.25, -0.2) is 4.98 Å². The van der Waals surface area contributed by atoms with Crippen LogP contribution in [-0.2, 0) is 11.2 Å². The van der Waals surface area contributed by atoms with Gasteiger partial charge in [-0.3, -0.25) is 4.79 Å². The number of hydrogen-bond acceptors (Lipinski definition) is 5. The highest BCUT2D eigenvalue weighted by Gasteiger charge is 2.11. The van der Waals surface area contributed by atoms with Crippen LogP contribution in [0.25, 0.3) is 0 Å². The number of carbonyl (C=O) groups is 1. The maximum Gasteiger partial charge on any atom is 0.320 e. The number of pyridine rings is 1. The molecule has 1 unspecified atom stereocenters. The molecule has 0 aliphatic carbocycles. The van der Waals surface area contributed by atoms with Crippen molar-refractivity contribution in [2.24, 2.45) is 5.73 Å². The van der Waals surface area contributed by atoms with E-state index >= 15 is 0 Å². The molecule has 6 nitrogen and oxygen atoms in total. The van der Waals surface area contributed by atoms with E-state index in [1.807, 2.05) is 0 Å². The molecule has 0 bridgehead atoms. The van der Waals surface area contributed by atoms with Crippen molar-refractivity contribution in [1.29, 1.82) is 0 Å². The van der Waals surface area contributed by atoms with Crippen LogP contribution in [0.3, 0.4) is 0 Å². The van der Waals surface area contributed by atoms with Crippen molar-refractivity contribution >= 4 is 11.7 Å². The Hall–Kier alpha value is -2.60. The lowest BCUT2D eigenvalue weighted by molar-refractivity contribution is -0.138. The Morgan fingerprint density at radius 3 is 2.50 bits per heavy atom. The van der Waals surface area contributed by atoms with Crippen LogP contribution in [0.1, 0.15) is 5.56 Å². The van der Waals surface area contributed by atoms with Crippen molar-refractivity contribution in [3.05, 3.63) is 48.2 Å². The lowest BCUT2D eigenvalue weighted by atomic mass is 10.1. The van der Waals surface area contributed by atoms with Gasteiger partial charge in [0, 0.05) is 6.07 Å². The van der Waals surface area contributed by atoms with E-state index in [2.05, 4.69) is 4.98 Å². The number of carboxylic acids is 1. The van der Waals surface area contributed by atoms with Crippen molar-refractivity contribution < 1.29 is 14.6 Å². The van der Waals surface area contributed by atoms with E-state index in [0.29, 0.717) is 17.3 Å². The molecule has 1 aromatic carbocycles. The Kier molecular flexibility index (Phi) is 4.17. The molecule has 0 fully saturated rings. The fourth-order valence-corrected chi connectivity index (χ4v) is 1.61. The van der Waals surface area contributed by atoms with E-state index in [1.165, 1.54) is 6.20 Å². The summed E-state index contributed by atoms with van der Waals surface area (Å²) in [5, 5.41) is 8.75. The minimum Gasteiger partial charge on any atom is -0.480 e. The summed E-state index contributed by atoms with van der Waals surface area (Å²) < 4.78 is 5.53. The molecule has 1 atom stereocenters. The third-order valence-corrected chi connectivity index (χ3v) is 2.68. The van der Waals surface area contributed by atoms with Gasteiger partial charge >= 0.3 is 5.97 Å². The zero-order chi connectivity index (χ0) is 14.5. The predicted octanol–water partition coefficient (Wildman–Crippen LogP) is 1.41. The third kappa shape index (κ3) is 3.69. The van der Waals surface area contributed by atoms with Crippen molar-refractivity contribution in [2.45, 2.75) is 12.5 Å². The van der Waals surface area contributed by atoms with Gasteiger partial charge in [0.2, 0.25) is 5.88 Å². The second-order valence-electron chi connectivity index (χ2n) is 4.32. The average molecular weight is 273 g/mol. The van der Waals surface area contributed by atoms with Crippen LogP contribution in [0, 0.1) is 0 Å². The standard InChI is InChI=1S/C14H15N3O3/c15-10-3-6-13(17-8-10)20-11-4-1-9(2-5-11)7-12(16)14(18)19/h1-6,8,12H,7,15-16H2,(H,18,19). The summed E-state index contributed by atoms with van der Waals surface area (Å²) in [6.45, 7) is 0. The summed E-state index contributed by atoms with van der Waals surface area (Å²) in [6, 6.07) is 9.49. The van der Waals surface area contributed by atoms with E-state index in [1.54, 1.807) is 36.4 Å². The molecule has 0 saturated carbocycles. The topological polar surface area (TPSA) is 111 Å². The lowest BCUT2D eigenvalue weighted by Gasteiger charge is -2.08. The molecule has 0 radical (unpaired) electrons. The van der Waals surface area contributed by atoms with Crippen molar-refractivity contribution in [2.75, 3.05) is 5.73 Å². The molecule has 1 aromatic heterocycles. The highest BCUT2D eigenvalue weighted by Crippen LogP contribution is 2.20. The van der Waals surface area contributed by atoms with Crippen molar-refractivity contribution in [3.8, 4) is 11.6 Å². The number of benzene rings is 1. The fourth-order valence-electron chi connectivity index (χ4n) is 1.61. The van der Waals surface area contributed by atoms with Crippen LogP contribution < -0.4 is 16.2 Å². The Bertz CT molecular complexity index is 582. The fraction of sp³-hybridized carbons (Fsp3) is 0.143. The smallest absolute Gasteiger partial charge is 0.320 e. The number of aliphatic carboxylic acids is 1. The zero-order valence-corrected chi connectivity index (χ0v) is 10.7. The minimum atomic E-state index is -1.02. The first-order valence-corrected chi connectivity index (χ1v) is 6.01. The first kappa shape index (κ1) is 13.8. The quantitative estimate of drug-likeness (QED) is 0.759. The van der Waals surface area contributed by atoms with Gasteiger partial charge in [-0.1, -0.05) is 12.1 Å². The number of nitrogen functional groups attached to an aromatic ring is 1. The maximum atomic E-state index is 10.7. The largest absolute Gasteiger partial charge is 0.480 e. The molecule has 0 spiro atoms. The molecule has 6 heteroatoms. The minimum absolute atomic E-state index is 0.274. The number of aromatic nitrogens is 1. The first-order valence-electron chi connectivity index (χ1n) is 6.01. The molecule has 1 heterocycles. The molecule has 0 amide bonds. The van der Waals surface area contributed by atoms with Crippen molar-refractivity contribution in [3.63, 3.8) is 0 Å². The maximum absolute atomic E-state index is 10.7. The number of carboxylic acid groups (broad SMARTS) is 1. The van der Waals surface area contributed by atoms with Crippen LogP contribution in [0.4, 0.5) is 5.69 Å². The van der Waals surface area contributed by atoms with Gasteiger partial charge in [-0.15, -0.1) is 0 Å². The summed E-state index contributed by atoms with van der Waals surface area (Å²) >= 11 is 0. The number of nitrogens with zero attached hydrogens (tertiary/aromatic N) is 1. The Morgan fingerprint density at radius 2 is 1.95 bits per heavy atom. The average Bonchev–Trinajstić information content (AvgIpc) is 2.43. The molecular formula is C14H15N3O3. The SMILES string of the molecule is Nc1ccc(Oc2ccc(CC(N)C(=O)O)cc2)nc1. The van der Waals surface area contributed by atoms with E-state index in [9.17, 15) is 4.79 Å². The number of rotatable bonds is 5. The zero-order valence-electron chi connectivity index (χ0n) is 10.7. The molecule has 5 N–H and O–H groups in total. The van der Waals surface area contributed by atoms with Crippen LogP contribution in [0.15, 0.2) is 42.6 Å². The van der Waals surface area contributed by atoms with Gasteiger partial charge in [0.25, 0.3) is 0 Å². The molecule has 0 aliphatic heterocycles. The van der Waals surface area contributed by atoms with Gasteiger partial charge in [-0.2, -0.15) is 0 Å². The number of ether oxygens (including phenoxy) is 1. The lowest BCUT2D eigenvalue weighted by Crippen LogP contribution is -2.32. The summed E-state index contributed by atoms with van der Waals surface area (Å²) in [6.07, 6.45) is 1.78. The van der Waals surface area contributed by atoms with Gasteiger partial charge in [0.05, 0.1) is 11.9 Å². The van der Waals surface area contributed by atoms with Crippen LogP contribution >= 0.6 is 0 Å². The molecule has 20 heavy (non-hydrogen) atoms. The van der Waals surface area contributed by atoms with Crippen LogP contribution in [0.5, 0.6) is 11.6 Å². The molecule has 0 saturated heterocycles. The van der Waals surface area contributed by atoms with Gasteiger partial charge in [-0.05, 0) is 30.2 Å². The van der Waals surface area contributed by atoms with E-state index in [0.717, 1.165) is 5.56 Å². The van der Waals surface area contributed by atoms with E-state index < -0.39 is 12.0 Å². The van der Waals surface area contributed by atoms with E-state index in [4.69, 9.17) is 21.3 Å². The number of hydrogen-bond donors (Lipinski definition) is 3. The monoisotopic (exact) mass is 273 g/mol. The summed E-state index contributed by atoms with van der Waals surface area (Å²) in [5.41, 5.74) is 12.4. The van der Waals surface area contributed by atoms with Gasteiger partial charge in [0.1, 0.15) is 11.8 Å². The summed E-state index contributed by atoms with van der Waals surface area (Å²) in [5.74, 6) is 0.0282. The van der Waals surface area contributed by atoms with E-state index in [-0.39, 0.29) is 6.42 Å². The molecule has 2 rings (SSSR count). The van der Waals surface area contributed by atoms with Crippen LogP contribution in [0.2, 0.25) is 0 Å². The third-order valence-electron chi connectivity index (χ3n) is 2.68. The van der Waals surface area contributed by atoms with Gasteiger partial charge < -0.3 is 21.3 Å². The summed E-state index contributed by atoms with van der Waals surface area (Å²) in [4.78, 5) is 14.7. The molecule has 2 aromatic rings. The first-order chi connectivity index (χ1) is 9.54. The molecule has 0 aliphatic rings. The Morgan fingerprint density at radius 1 is 1.25 bits per heavy atom. The van der Waals surface area contributed by atoms with Crippen LogP contribution in [-0.4, -0.2) is 22.1 Å². The number of anilines is 1. The Labute approximate surface area is 116 Å². The number of nitrogens with two attached hydrogens (primary N) is 2. The molecular weight excluding hydrogens is 258 g/mol. The van der Waals surface area contributed by atoms with Gasteiger partial charge in [0.15, 0.2) is 0 Å². The Balaban J connectivity index is 2.01. The summed E-state index contributed by atoms with van der Waals surface area (Å²) in [7, 11) is 0. The highest BCUT2D eigenvalue weighted by molar-refractivity contribution is 5.73. The second-order valence-corrected chi connectivity index (χ2v) is 4.32. The normalized spacial score (nSPS) is 11.8. The second kappa shape index (κ2) is 6.03. The predicted molar refractivity (Wildman–Crippen MR) is 74.5 cm³/mol. The molecule has 104 valence electrons. The highest BCUT2D eigenvalue weighted by atomic mass is 16.5.